The summed E-state index contributed by atoms with van der Waals surface area (Å²) >= 11 is 0. The molecule has 0 saturated heterocycles. The first-order valence-electron chi connectivity index (χ1n) is 5.93. The van der Waals surface area contributed by atoms with E-state index in [2.05, 4.69) is 20.0 Å². The maximum Gasteiger partial charge on any atom is 0.224 e. The molecule has 1 aromatic heterocycles. The highest BCUT2D eigenvalue weighted by Gasteiger charge is 2.08. The largest absolute Gasteiger partial charge is 0.496 e. The molecule has 0 fully saturated rings. The molecule has 6 heteroatoms. The molecule has 19 heavy (non-hydrogen) atoms. The minimum Gasteiger partial charge on any atom is -0.496 e. The predicted molar refractivity (Wildman–Crippen MR) is 67.7 cm³/mol. The van der Waals surface area contributed by atoms with Gasteiger partial charge in [0.25, 0.3) is 0 Å². The number of nitrogens with zero attached hydrogens (tertiary/aromatic N) is 2. The van der Waals surface area contributed by atoms with Gasteiger partial charge in [-0.1, -0.05) is 23.4 Å². The second kappa shape index (κ2) is 6.53. The van der Waals surface area contributed by atoms with Crippen LogP contribution in [0.2, 0.25) is 0 Å². The maximum absolute atomic E-state index is 11.8. The molecule has 0 saturated carbocycles. The van der Waals surface area contributed by atoms with Crippen molar-refractivity contribution in [3.63, 3.8) is 0 Å². The second-order valence-electron chi connectivity index (χ2n) is 3.94. The molecule has 1 heterocycles. The molecule has 100 valence electrons. The highest BCUT2D eigenvalue weighted by molar-refractivity contribution is 5.79. The van der Waals surface area contributed by atoms with Crippen LogP contribution in [0.5, 0.6) is 5.75 Å². The third-order valence-corrected chi connectivity index (χ3v) is 2.62. The quantitative estimate of drug-likeness (QED) is 0.838. The van der Waals surface area contributed by atoms with Gasteiger partial charge < -0.3 is 14.6 Å². The zero-order chi connectivity index (χ0) is 13.5. The number of carbonyl (C=O) groups is 1. The second-order valence-corrected chi connectivity index (χ2v) is 3.94. The first kappa shape index (κ1) is 13.1. The van der Waals surface area contributed by atoms with Gasteiger partial charge in [0.2, 0.25) is 12.3 Å². The first-order chi connectivity index (χ1) is 9.29. The maximum atomic E-state index is 11.8. The summed E-state index contributed by atoms with van der Waals surface area (Å²) in [4.78, 5) is 15.7. The van der Waals surface area contributed by atoms with Crippen molar-refractivity contribution in [2.45, 2.75) is 12.8 Å². The molecule has 0 aliphatic rings. The Morgan fingerprint density at radius 2 is 2.26 bits per heavy atom. The fourth-order valence-electron chi connectivity index (χ4n) is 1.70. The van der Waals surface area contributed by atoms with Crippen LogP contribution in [0.3, 0.4) is 0 Å². The van der Waals surface area contributed by atoms with Crippen molar-refractivity contribution >= 4 is 5.91 Å². The lowest BCUT2D eigenvalue weighted by Gasteiger charge is -2.08. The summed E-state index contributed by atoms with van der Waals surface area (Å²) in [5.74, 6) is 1.24. The normalized spacial score (nSPS) is 10.2. The molecule has 0 spiro atoms. The molecule has 2 aromatic rings. The monoisotopic (exact) mass is 261 g/mol. The Kier molecular flexibility index (Phi) is 4.49. The van der Waals surface area contributed by atoms with E-state index in [1.807, 2.05) is 24.3 Å². The molecule has 0 aliphatic carbocycles. The lowest BCUT2D eigenvalue weighted by atomic mass is 10.1. The molecule has 1 aromatic carbocycles. The third kappa shape index (κ3) is 3.80. The molecule has 2 rings (SSSR count). The number of amides is 1. The summed E-state index contributed by atoms with van der Waals surface area (Å²) in [6.45, 7) is 0.480. The fraction of sp³-hybridized carbons (Fsp3) is 0.308. The van der Waals surface area contributed by atoms with E-state index in [0.717, 1.165) is 11.3 Å². The Hall–Kier alpha value is -2.37. The molecule has 0 radical (unpaired) electrons. The van der Waals surface area contributed by atoms with Gasteiger partial charge >= 0.3 is 0 Å². The number of para-hydroxylation sites is 1. The number of ether oxygens (including phenoxy) is 1. The Bertz CT molecular complexity index is 526. The van der Waals surface area contributed by atoms with Crippen LogP contribution in [-0.4, -0.2) is 29.7 Å². The van der Waals surface area contributed by atoms with Crippen LogP contribution in [0.4, 0.5) is 0 Å². The Labute approximate surface area is 110 Å². The van der Waals surface area contributed by atoms with E-state index in [0.29, 0.717) is 18.8 Å². The van der Waals surface area contributed by atoms with Gasteiger partial charge in [-0.15, -0.1) is 0 Å². The topological polar surface area (TPSA) is 77.2 Å². The van der Waals surface area contributed by atoms with Gasteiger partial charge in [0.1, 0.15) is 5.75 Å². The SMILES string of the molecule is COc1ccccc1CC(=O)NCCc1ncon1. The minimum absolute atomic E-state index is 0.0620. The number of carbonyl (C=O) groups excluding carboxylic acids is 1. The van der Waals surface area contributed by atoms with Crippen LogP contribution in [-0.2, 0) is 17.6 Å². The van der Waals surface area contributed by atoms with Crippen LogP contribution >= 0.6 is 0 Å². The Morgan fingerprint density at radius 1 is 1.42 bits per heavy atom. The van der Waals surface area contributed by atoms with Crippen LogP contribution in [0.25, 0.3) is 0 Å². The van der Waals surface area contributed by atoms with Crippen molar-refractivity contribution in [1.82, 2.24) is 15.5 Å². The number of hydrogen-bond donors (Lipinski definition) is 1. The third-order valence-electron chi connectivity index (χ3n) is 2.62. The summed E-state index contributed by atoms with van der Waals surface area (Å²) in [6, 6.07) is 7.46. The van der Waals surface area contributed by atoms with Crippen molar-refractivity contribution in [2.24, 2.45) is 0 Å². The minimum atomic E-state index is -0.0620. The van der Waals surface area contributed by atoms with Crippen LogP contribution in [0.15, 0.2) is 35.2 Å². The van der Waals surface area contributed by atoms with E-state index in [9.17, 15) is 4.79 Å². The summed E-state index contributed by atoms with van der Waals surface area (Å²) in [5.41, 5.74) is 0.863. The van der Waals surface area contributed by atoms with Crippen molar-refractivity contribution < 1.29 is 14.1 Å². The van der Waals surface area contributed by atoms with Gasteiger partial charge in [0.15, 0.2) is 5.82 Å². The molecular weight excluding hydrogens is 246 g/mol. The van der Waals surface area contributed by atoms with Gasteiger partial charge in [0, 0.05) is 18.5 Å². The average molecular weight is 261 g/mol. The first-order valence-corrected chi connectivity index (χ1v) is 5.93. The van der Waals surface area contributed by atoms with Crippen molar-refractivity contribution in [3.8, 4) is 5.75 Å². The van der Waals surface area contributed by atoms with Crippen LogP contribution in [0, 0.1) is 0 Å². The van der Waals surface area contributed by atoms with Gasteiger partial charge in [-0.2, -0.15) is 4.98 Å². The Morgan fingerprint density at radius 3 is 3.00 bits per heavy atom. The molecule has 0 bridgehead atoms. The molecule has 0 aliphatic heterocycles. The van der Waals surface area contributed by atoms with E-state index in [-0.39, 0.29) is 12.3 Å². The number of aromatic nitrogens is 2. The van der Waals surface area contributed by atoms with Gasteiger partial charge in [0.05, 0.1) is 13.5 Å². The van der Waals surface area contributed by atoms with E-state index >= 15 is 0 Å². The standard InChI is InChI=1S/C13H15N3O3/c1-18-11-5-3-2-4-10(11)8-13(17)14-7-6-12-15-9-19-16-12/h2-5,9H,6-8H2,1H3,(H,14,17). The van der Waals surface area contributed by atoms with Crippen LogP contribution in [0.1, 0.15) is 11.4 Å². The summed E-state index contributed by atoms with van der Waals surface area (Å²) < 4.78 is 9.80. The average Bonchev–Trinajstić information content (AvgIpc) is 2.92. The molecule has 1 N–H and O–H groups in total. The van der Waals surface area contributed by atoms with Crippen LogP contribution < -0.4 is 10.1 Å². The number of rotatable bonds is 6. The van der Waals surface area contributed by atoms with E-state index in [1.54, 1.807) is 7.11 Å². The number of hydrogen-bond acceptors (Lipinski definition) is 5. The zero-order valence-electron chi connectivity index (χ0n) is 10.6. The van der Waals surface area contributed by atoms with Crippen molar-refractivity contribution in [1.29, 1.82) is 0 Å². The number of methoxy groups -OCH3 is 1. The smallest absolute Gasteiger partial charge is 0.224 e. The summed E-state index contributed by atoms with van der Waals surface area (Å²) in [6.07, 6.45) is 2.11. The molecular formula is C13H15N3O3. The van der Waals surface area contributed by atoms with Gasteiger partial charge in [-0.25, -0.2) is 0 Å². The number of nitrogens with one attached hydrogen (secondary N) is 1. The van der Waals surface area contributed by atoms with E-state index in [4.69, 9.17) is 4.74 Å². The zero-order valence-corrected chi connectivity index (χ0v) is 10.6. The summed E-state index contributed by atoms with van der Waals surface area (Å²) in [7, 11) is 1.59. The molecule has 1 amide bonds. The predicted octanol–water partition coefficient (Wildman–Crippen LogP) is 0.980. The highest BCUT2D eigenvalue weighted by atomic mass is 16.5. The Balaban J connectivity index is 1.80. The van der Waals surface area contributed by atoms with Crippen molar-refractivity contribution in [3.05, 3.63) is 42.0 Å². The number of benzene rings is 1. The molecule has 0 unspecified atom stereocenters. The lowest BCUT2D eigenvalue weighted by molar-refractivity contribution is -0.120. The van der Waals surface area contributed by atoms with Crippen molar-refractivity contribution in [2.75, 3.05) is 13.7 Å². The van der Waals surface area contributed by atoms with Gasteiger partial charge in [-0.3, -0.25) is 4.79 Å². The fourth-order valence-corrected chi connectivity index (χ4v) is 1.70. The summed E-state index contributed by atoms with van der Waals surface area (Å²) in [5, 5.41) is 6.47. The van der Waals surface area contributed by atoms with Gasteiger partial charge in [-0.05, 0) is 6.07 Å². The molecule has 6 nitrogen and oxygen atoms in total. The van der Waals surface area contributed by atoms with E-state index < -0.39 is 0 Å². The lowest BCUT2D eigenvalue weighted by Crippen LogP contribution is -2.27. The van der Waals surface area contributed by atoms with E-state index in [1.165, 1.54) is 6.39 Å². The highest BCUT2D eigenvalue weighted by Crippen LogP contribution is 2.17. The molecule has 0 atom stereocenters.